The molecule has 9 heteroatoms. The van der Waals surface area contributed by atoms with E-state index in [4.69, 9.17) is 0 Å². The minimum Gasteiger partial charge on any atom is -0.435 e. The molecule has 2 aromatic carbocycles. The third-order valence-electron chi connectivity index (χ3n) is 4.06. The third kappa shape index (κ3) is 5.09. The lowest BCUT2D eigenvalue weighted by Gasteiger charge is -2.08. The van der Waals surface area contributed by atoms with E-state index in [0.717, 1.165) is 5.56 Å². The van der Waals surface area contributed by atoms with Crippen LogP contribution in [0.2, 0.25) is 0 Å². The number of rotatable bonds is 8. The summed E-state index contributed by atoms with van der Waals surface area (Å²) >= 11 is 0. The molecule has 1 heterocycles. The second-order valence-electron chi connectivity index (χ2n) is 6.01. The zero-order chi connectivity index (χ0) is 19.9. The summed E-state index contributed by atoms with van der Waals surface area (Å²) in [4.78, 5) is 24.3. The van der Waals surface area contributed by atoms with Crippen molar-refractivity contribution in [2.45, 2.75) is 26.0 Å². The topological polar surface area (TPSA) is 86.1 Å². The summed E-state index contributed by atoms with van der Waals surface area (Å²) in [6.45, 7) is -2.35. The molecule has 28 heavy (non-hydrogen) atoms. The third-order valence-corrected chi connectivity index (χ3v) is 4.06. The number of benzene rings is 2. The number of alkyl halides is 2. The van der Waals surface area contributed by atoms with Gasteiger partial charge in [0.15, 0.2) is 0 Å². The minimum absolute atomic E-state index is 0.0877. The van der Waals surface area contributed by atoms with E-state index in [0.29, 0.717) is 23.9 Å². The first kappa shape index (κ1) is 19.4. The number of hydrogen-bond donors (Lipinski definition) is 1. The summed E-state index contributed by atoms with van der Waals surface area (Å²) in [5, 5.41) is 11.0. The Morgan fingerprint density at radius 3 is 2.64 bits per heavy atom. The smallest absolute Gasteiger partial charge is 0.387 e. The van der Waals surface area contributed by atoms with E-state index in [2.05, 4.69) is 20.4 Å². The van der Waals surface area contributed by atoms with Gasteiger partial charge in [-0.1, -0.05) is 29.5 Å². The predicted octanol–water partition coefficient (Wildman–Crippen LogP) is 2.14. The zero-order valence-electron chi connectivity index (χ0n) is 14.8. The number of amides is 1. The SMILES string of the molecule is O=C(CCn1nnc2ccccc2c1=O)NCCc1ccc(OC(F)F)cc1. The van der Waals surface area contributed by atoms with Crippen LogP contribution in [0.1, 0.15) is 12.0 Å². The number of nitrogens with one attached hydrogen (secondary N) is 1. The van der Waals surface area contributed by atoms with Gasteiger partial charge in [-0.25, -0.2) is 4.68 Å². The summed E-state index contributed by atoms with van der Waals surface area (Å²) in [5.41, 5.74) is 1.10. The molecule has 1 amide bonds. The van der Waals surface area contributed by atoms with Gasteiger partial charge >= 0.3 is 6.61 Å². The van der Waals surface area contributed by atoms with Crippen LogP contribution >= 0.6 is 0 Å². The minimum atomic E-state index is -2.86. The maximum atomic E-state index is 12.3. The highest BCUT2D eigenvalue weighted by atomic mass is 19.3. The van der Waals surface area contributed by atoms with Crippen LogP contribution in [-0.2, 0) is 17.8 Å². The van der Waals surface area contributed by atoms with E-state index in [1.807, 2.05) is 0 Å². The summed E-state index contributed by atoms with van der Waals surface area (Å²) in [7, 11) is 0. The van der Waals surface area contributed by atoms with Crippen LogP contribution in [-0.4, -0.2) is 34.1 Å². The molecule has 0 atom stereocenters. The number of carbonyl (C=O) groups excluding carboxylic acids is 1. The fourth-order valence-corrected chi connectivity index (χ4v) is 2.65. The second kappa shape index (κ2) is 9.03. The molecule has 0 spiro atoms. The van der Waals surface area contributed by atoms with Crippen molar-refractivity contribution in [2.75, 3.05) is 6.54 Å². The first-order valence-corrected chi connectivity index (χ1v) is 8.66. The van der Waals surface area contributed by atoms with E-state index in [-0.39, 0.29) is 30.2 Å². The number of nitrogens with zero attached hydrogens (tertiary/aromatic N) is 3. The molecular weight excluding hydrogens is 370 g/mol. The Morgan fingerprint density at radius 1 is 1.14 bits per heavy atom. The highest BCUT2D eigenvalue weighted by Crippen LogP contribution is 2.15. The number of hydrogen-bond acceptors (Lipinski definition) is 5. The van der Waals surface area contributed by atoms with Gasteiger partial charge in [0.2, 0.25) is 5.91 Å². The summed E-state index contributed by atoms with van der Waals surface area (Å²) in [5.74, 6) is -0.135. The van der Waals surface area contributed by atoms with Crippen molar-refractivity contribution in [3.05, 3.63) is 64.4 Å². The van der Waals surface area contributed by atoms with E-state index >= 15 is 0 Å². The number of carbonyl (C=O) groups is 1. The monoisotopic (exact) mass is 388 g/mol. The van der Waals surface area contributed by atoms with Gasteiger partial charge in [-0.3, -0.25) is 9.59 Å². The highest BCUT2D eigenvalue weighted by molar-refractivity contribution is 5.77. The Kier molecular flexibility index (Phi) is 6.25. The molecular formula is C19H18F2N4O3. The fourth-order valence-electron chi connectivity index (χ4n) is 2.65. The first-order valence-electron chi connectivity index (χ1n) is 8.66. The average Bonchev–Trinajstić information content (AvgIpc) is 2.69. The molecule has 0 aliphatic carbocycles. The maximum Gasteiger partial charge on any atom is 0.387 e. The Bertz CT molecular complexity index is 1010. The maximum absolute atomic E-state index is 12.3. The van der Waals surface area contributed by atoms with E-state index < -0.39 is 6.61 Å². The molecule has 146 valence electrons. The fraction of sp³-hybridized carbons (Fsp3) is 0.263. The number of aryl methyl sites for hydroxylation is 1. The average molecular weight is 388 g/mol. The first-order chi connectivity index (χ1) is 13.5. The lowest BCUT2D eigenvalue weighted by molar-refractivity contribution is -0.121. The predicted molar refractivity (Wildman–Crippen MR) is 98.2 cm³/mol. The molecule has 3 rings (SSSR count). The van der Waals surface area contributed by atoms with E-state index in [1.165, 1.54) is 16.8 Å². The van der Waals surface area contributed by atoms with Crippen molar-refractivity contribution in [3.63, 3.8) is 0 Å². The van der Waals surface area contributed by atoms with Crippen LogP contribution in [0.3, 0.4) is 0 Å². The normalized spacial score (nSPS) is 11.0. The summed E-state index contributed by atoms with van der Waals surface area (Å²) < 4.78 is 29.7. The van der Waals surface area contributed by atoms with Gasteiger partial charge in [0.05, 0.1) is 11.9 Å². The Hall–Kier alpha value is -3.36. The van der Waals surface area contributed by atoms with Crippen LogP contribution < -0.4 is 15.6 Å². The van der Waals surface area contributed by atoms with Crippen molar-refractivity contribution < 1.29 is 18.3 Å². The molecule has 0 aliphatic heterocycles. The van der Waals surface area contributed by atoms with E-state index in [1.54, 1.807) is 36.4 Å². The zero-order valence-corrected chi connectivity index (χ0v) is 14.8. The van der Waals surface area contributed by atoms with Gasteiger partial charge in [0, 0.05) is 13.0 Å². The molecule has 1 N–H and O–H groups in total. The highest BCUT2D eigenvalue weighted by Gasteiger charge is 2.08. The second-order valence-corrected chi connectivity index (χ2v) is 6.01. The van der Waals surface area contributed by atoms with E-state index in [9.17, 15) is 18.4 Å². The molecule has 0 saturated carbocycles. The molecule has 1 aromatic heterocycles. The van der Waals surface area contributed by atoms with Gasteiger partial charge in [0.1, 0.15) is 11.3 Å². The largest absolute Gasteiger partial charge is 0.435 e. The van der Waals surface area contributed by atoms with Crippen molar-refractivity contribution >= 4 is 16.8 Å². The van der Waals surface area contributed by atoms with Crippen molar-refractivity contribution in [2.24, 2.45) is 0 Å². The number of ether oxygens (including phenoxy) is 1. The van der Waals surface area contributed by atoms with Crippen molar-refractivity contribution in [1.82, 2.24) is 20.3 Å². The summed E-state index contributed by atoms with van der Waals surface area (Å²) in [6.07, 6.45) is 0.629. The molecule has 3 aromatic rings. The number of fused-ring (bicyclic) bond motifs is 1. The number of halogens is 2. The molecule has 0 saturated heterocycles. The standard InChI is InChI=1S/C19H18F2N4O3/c20-19(21)28-14-7-5-13(6-8-14)9-11-22-17(26)10-12-25-18(27)15-3-1-2-4-16(15)23-24-25/h1-8,19H,9-12H2,(H,22,26). The van der Waals surface area contributed by atoms with Gasteiger partial charge in [-0.2, -0.15) is 8.78 Å². The van der Waals surface area contributed by atoms with Crippen LogP contribution in [0.5, 0.6) is 5.75 Å². The van der Waals surface area contributed by atoms with Gasteiger partial charge < -0.3 is 10.1 Å². The van der Waals surface area contributed by atoms with Gasteiger partial charge in [0.25, 0.3) is 5.56 Å². The number of aromatic nitrogens is 3. The van der Waals surface area contributed by atoms with Crippen LogP contribution in [0.15, 0.2) is 53.3 Å². The quantitative estimate of drug-likeness (QED) is 0.639. The molecule has 0 bridgehead atoms. The molecule has 0 fully saturated rings. The Balaban J connectivity index is 1.46. The molecule has 0 unspecified atom stereocenters. The van der Waals surface area contributed by atoms with Crippen LogP contribution in [0, 0.1) is 0 Å². The van der Waals surface area contributed by atoms with Crippen LogP contribution in [0.25, 0.3) is 10.9 Å². The lowest BCUT2D eigenvalue weighted by atomic mass is 10.1. The van der Waals surface area contributed by atoms with Crippen molar-refractivity contribution in [1.29, 1.82) is 0 Å². The Labute approximate surface area is 158 Å². The lowest BCUT2D eigenvalue weighted by Crippen LogP contribution is -2.30. The molecule has 0 radical (unpaired) electrons. The van der Waals surface area contributed by atoms with Crippen molar-refractivity contribution in [3.8, 4) is 5.75 Å². The Morgan fingerprint density at radius 2 is 1.89 bits per heavy atom. The summed E-state index contributed by atoms with van der Waals surface area (Å²) in [6, 6.07) is 13.1. The molecule has 0 aliphatic rings. The molecule has 7 nitrogen and oxygen atoms in total. The van der Waals surface area contributed by atoms with Gasteiger partial charge in [-0.05, 0) is 36.2 Å². The van der Waals surface area contributed by atoms with Gasteiger partial charge in [-0.15, -0.1) is 5.10 Å². The van der Waals surface area contributed by atoms with Crippen LogP contribution in [0.4, 0.5) is 8.78 Å².